The Kier molecular flexibility index (Phi) is 5.07. The lowest BCUT2D eigenvalue weighted by atomic mass is 10.1. The van der Waals surface area contributed by atoms with E-state index >= 15 is 0 Å². The second kappa shape index (κ2) is 6.80. The number of hydrogen-bond donors (Lipinski definition) is 2. The summed E-state index contributed by atoms with van der Waals surface area (Å²) in [5.74, 6) is -0.0395. The van der Waals surface area contributed by atoms with Crippen LogP contribution >= 0.6 is 23.2 Å². The van der Waals surface area contributed by atoms with Gasteiger partial charge in [-0.25, -0.2) is 0 Å². The summed E-state index contributed by atoms with van der Waals surface area (Å²) in [6.45, 7) is 0. The van der Waals surface area contributed by atoms with Gasteiger partial charge in [-0.05, 0) is 35.9 Å². The normalized spacial score (nSPS) is 12.0. The number of aliphatic hydroxyl groups excluding tert-OH is 1. The standard InChI is InChI=1S/C15H12Cl2O4/c16-10-5-11(17)7-13(6-10)21-12-3-1-9(2-4-12)14(18)8-15(19)20/h1-7,14,18H,8H2,(H,19,20). The number of hydrogen-bond acceptors (Lipinski definition) is 3. The molecule has 2 aromatic carbocycles. The van der Waals surface area contributed by atoms with Gasteiger partial charge in [-0.1, -0.05) is 35.3 Å². The first kappa shape index (κ1) is 15.6. The van der Waals surface area contributed by atoms with Gasteiger partial charge in [-0.2, -0.15) is 0 Å². The fourth-order valence-electron chi connectivity index (χ4n) is 1.76. The van der Waals surface area contributed by atoms with Crippen molar-refractivity contribution in [2.24, 2.45) is 0 Å². The molecule has 0 aliphatic heterocycles. The minimum atomic E-state index is -1.06. The molecule has 21 heavy (non-hydrogen) atoms. The van der Waals surface area contributed by atoms with Gasteiger partial charge in [0.2, 0.25) is 0 Å². The number of aliphatic carboxylic acids is 1. The molecule has 6 heteroatoms. The molecule has 0 aliphatic rings. The smallest absolute Gasteiger partial charge is 0.306 e. The highest BCUT2D eigenvalue weighted by atomic mass is 35.5. The highest BCUT2D eigenvalue weighted by Gasteiger charge is 2.12. The Morgan fingerprint density at radius 3 is 2.14 bits per heavy atom. The Morgan fingerprint density at radius 1 is 1.05 bits per heavy atom. The monoisotopic (exact) mass is 326 g/mol. The van der Waals surface area contributed by atoms with Crippen molar-refractivity contribution < 1.29 is 19.7 Å². The fourth-order valence-corrected chi connectivity index (χ4v) is 2.27. The first-order chi connectivity index (χ1) is 9.94. The zero-order valence-corrected chi connectivity index (χ0v) is 12.3. The third-order valence-electron chi connectivity index (χ3n) is 2.70. The zero-order valence-electron chi connectivity index (χ0n) is 10.8. The first-order valence-electron chi connectivity index (χ1n) is 6.08. The molecule has 0 fully saturated rings. The maximum Gasteiger partial charge on any atom is 0.306 e. The van der Waals surface area contributed by atoms with E-state index < -0.39 is 12.1 Å². The summed E-state index contributed by atoms with van der Waals surface area (Å²) in [7, 11) is 0. The predicted octanol–water partition coefficient (Wildman–Crippen LogP) is 4.29. The van der Waals surface area contributed by atoms with Crippen LogP contribution in [-0.2, 0) is 4.79 Å². The fraction of sp³-hybridized carbons (Fsp3) is 0.133. The zero-order chi connectivity index (χ0) is 15.4. The van der Waals surface area contributed by atoms with Crippen LogP contribution in [0.1, 0.15) is 18.1 Å². The summed E-state index contributed by atoms with van der Waals surface area (Å²) in [5.41, 5.74) is 0.508. The molecule has 0 aromatic heterocycles. The minimum Gasteiger partial charge on any atom is -0.481 e. The van der Waals surface area contributed by atoms with Gasteiger partial charge in [-0.15, -0.1) is 0 Å². The number of benzene rings is 2. The molecule has 0 bridgehead atoms. The summed E-state index contributed by atoms with van der Waals surface area (Å²) in [5, 5.41) is 19.3. The molecule has 0 heterocycles. The summed E-state index contributed by atoms with van der Waals surface area (Å²) in [6.07, 6.45) is -1.39. The van der Waals surface area contributed by atoms with Crippen LogP contribution in [0.15, 0.2) is 42.5 Å². The lowest BCUT2D eigenvalue weighted by molar-refractivity contribution is -0.139. The molecule has 2 aromatic rings. The van der Waals surface area contributed by atoms with Crippen molar-refractivity contribution in [1.82, 2.24) is 0 Å². The number of rotatable bonds is 5. The van der Waals surface area contributed by atoms with Gasteiger partial charge >= 0.3 is 5.97 Å². The van der Waals surface area contributed by atoms with Gasteiger partial charge in [0, 0.05) is 10.0 Å². The molecule has 4 nitrogen and oxygen atoms in total. The van der Waals surface area contributed by atoms with Gasteiger partial charge in [0.25, 0.3) is 0 Å². The average molecular weight is 327 g/mol. The molecule has 0 saturated carbocycles. The van der Waals surface area contributed by atoms with Crippen LogP contribution in [0, 0.1) is 0 Å². The van der Waals surface area contributed by atoms with E-state index in [2.05, 4.69) is 0 Å². The van der Waals surface area contributed by atoms with Crippen LogP contribution < -0.4 is 4.74 Å². The Hall–Kier alpha value is -1.75. The van der Waals surface area contributed by atoms with Crippen LogP contribution in [0.25, 0.3) is 0 Å². The molecule has 0 saturated heterocycles. The topological polar surface area (TPSA) is 66.8 Å². The van der Waals surface area contributed by atoms with Crippen molar-refractivity contribution in [3.63, 3.8) is 0 Å². The van der Waals surface area contributed by atoms with Crippen LogP contribution in [0.4, 0.5) is 0 Å². The second-order valence-corrected chi connectivity index (χ2v) is 5.26. The molecule has 2 rings (SSSR count). The maximum atomic E-state index is 10.5. The Morgan fingerprint density at radius 2 is 1.62 bits per heavy atom. The average Bonchev–Trinajstić information content (AvgIpc) is 2.37. The largest absolute Gasteiger partial charge is 0.481 e. The number of ether oxygens (including phenoxy) is 1. The predicted molar refractivity (Wildman–Crippen MR) is 80.2 cm³/mol. The molecular formula is C15H12Cl2O4. The van der Waals surface area contributed by atoms with E-state index in [9.17, 15) is 9.90 Å². The Balaban J connectivity index is 2.10. The lowest BCUT2D eigenvalue weighted by Crippen LogP contribution is -2.05. The SMILES string of the molecule is O=C(O)CC(O)c1ccc(Oc2cc(Cl)cc(Cl)c2)cc1. The Bertz CT molecular complexity index is 620. The molecule has 110 valence electrons. The van der Waals surface area contributed by atoms with E-state index in [1.165, 1.54) is 0 Å². The second-order valence-electron chi connectivity index (χ2n) is 4.39. The van der Waals surface area contributed by atoms with E-state index in [0.717, 1.165) is 0 Å². The summed E-state index contributed by atoms with van der Waals surface area (Å²) in [6, 6.07) is 11.3. The van der Waals surface area contributed by atoms with Gasteiger partial charge in [-0.3, -0.25) is 4.79 Å². The number of carboxylic acid groups (broad SMARTS) is 1. The van der Waals surface area contributed by atoms with Gasteiger partial charge in [0.05, 0.1) is 12.5 Å². The number of carboxylic acids is 1. The molecule has 0 spiro atoms. The highest BCUT2D eigenvalue weighted by molar-refractivity contribution is 6.34. The van der Waals surface area contributed by atoms with E-state index in [1.54, 1.807) is 42.5 Å². The third kappa shape index (κ3) is 4.63. The van der Waals surface area contributed by atoms with E-state index in [-0.39, 0.29) is 6.42 Å². The molecule has 1 unspecified atom stereocenters. The van der Waals surface area contributed by atoms with Crippen LogP contribution in [-0.4, -0.2) is 16.2 Å². The Labute approximate surface area is 131 Å². The van der Waals surface area contributed by atoms with Crippen molar-refractivity contribution in [3.8, 4) is 11.5 Å². The van der Waals surface area contributed by atoms with Crippen molar-refractivity contribution in [3.05, 3.63) is 58.1 Å². The van der Waals surface area contributed by atoms with Gasteiger partial charge < -0.3 is 14.9 Å². The van der Waals surface area contributed by atoms with E-state index in [0.29, 0.717) is 27.1 Å². The van der Waals surface area contributed by atoms with Crippen LogP contribution in [0.2, 0.25) is 10.0 Å². The highest BCUT2D eigenvalue weighted by Crippen LogP contribution is 2.29. The van der Waals surface area contributed by atoms with Crippen LogP contribution in [0.5, 0.6) is 11.5 Å². The van der Waals surface area contributed by atoms with Crippen molar-refractivity contribution >= 4 is 29.2 Å². The molecule has 1 atom stereocenters. The van der Waals surface area contributed by atoms with Crippen LogP contribution in [0.3, 0.4) is 0 Å². The van der Waals surface area contributed by atoms with E-state index in [4.69, 9.17) is 33.0 Å². The number of carbonyl (C=O) groups is 1. The quantitative estimate of drug-likeness (QED) is 0.859. The summed E-state index contributed by atoms with van der Waals surface area (Å²) < 4.78 is 5.59. The van der Waals surface area contributed by atoms with Crippen molar-refractivity contribution in [2.75, 3.05) is 0 Å². The number of aliphatic hydroxyl groups is 1. The minimum absolute atomic E-state index is 0.343. The van der Waals surface area contributed by atoms with Crippen molar-refractivity contribution in [1.29, 1.82) is 0 Å². The molecular weight excluding hydrogens is 315 g/mol. The van der Waals surface area contributed by atoms with E-state index in [1.807, 2.05) is 0 Å². The lowest BCUT2D eigenvalue weighted by Gasteiger charge is -2.10. The molecule has 0 aliphatic carbocycles. The molecule has 0 radical (unpaired) electrons. The third-order valence-corrected chi connectivity index (χ3v) is 3.14. The first-order valence-corrected chi connectivity index (χ1v) is 6.83. The van der Waals surface area contributed by atoms with Gasteiger partial charge in [0.15, 0.2) is 0 Å². The van der Waals surface area contributed by atoms with Gasteiger partial charge in [0.1, 0.15) is 11.5 Å². The summed E-state index contributed by atoms with van der Waals surface area (Å²) in [4.78, 5) is 10.5. The summed E-state index contributed by atoms with van der Waals surface area (Å²) >= 11 is 11.8. The maximum absolute atomic E-state index is 10.5. The molecule has 2 N–H and O–H groups in total. The molecule has 0 amide bonds. The van der Waals surface area contributed by atoms with Crippen molar-refractivity contribution in [2.45, 2.75) is 12.5 Å². The number of halogens is 2.